The smallest absolute Gasteiger partial charge is 0.337 e. The number of halogens is 1. The number of anilines is 1. The third kappa shape index (κ3) is 3.71. The zero-order valence-electron chi connectivity index (χ0n) is 9.45. The van der Waals surface area contributed by atoms with E-state index in [1.54, 1.807) is 13.8 Å². The van der Waals surface area contributed by atoms with Crippen LogP contribution in [0.4, 0.5) is 10.1 Å². The number of rotatable bonds is 3. The molecule has 1 rings (SSSR count). The predicted octanol–water partition coefficient (Wildman–Crippen LogP) is 2.43. The lowest BCUT2D eigenvalue weighted by Crippen LogP contribution is -2.12. The highest BCUT2D eigenvalue weighted by atomic mass is 19.1. The summed E-state index contributed by atoms with van der Waals surface area (Å²) in [6.07, 6.45) is 1.33. The summed E-state index contributed by atoms with van der Waals surface area (Å²) in [5.74, 6) is -2.40. The average Bonchev–Trinajstić information content (AvgIpc) is 2.19. The normalized spacial score (nSPS) is 9.59. The van der Waals surface area contributed by atoms with Gasteiger partial charge >= 0.3 is 5.97 Å². The number of allylic oxidation sites excluding steroid dienone is 1. The molecule has 0 bridgehead atoms. The second kappa shape index (κ2) is 5.25. The number of carboxylic acids is 1. The third-order valence-electron chi connectivity index (χ3n) is 1.89. The highest BCUT2D eigenvalue weighted by molar-refractivity contribution is 6.04. The molecule has 0 saturated heterocycles. The fourth-order valence-electron chi connectivity index (χ4n) is 1.23. The molecular weight excluding hydrogens is 225 g/mol. The van der Waals surface area contributed by atoms with E-state index >= 15 is 0 Å². The molecule has 0 radical (unpaired) electrons. The van der Waals surface area contributed by atoms with Gasteiger partial charge < -0.3 is 10.4 Å². The third-order valence-corrected chi connectivity index (χ3v) is 1.89. The number of benzene rings is 1. The predicted molar refractivity (Wildman–Crippen MR) is 61.4 cm³/mol. The first-order valence-electron chi connectivity index (χ1n) is 4.89. The summed E-state index contributed by atoms with van der Waals surface area (Å²) in [5.41, 5.74) is 0.573. The van der Waals surface area contributed by atoms with Gasteiger partial charge in [-0.1, -0.05) is 5.57 Å². The Kier molecular flexibility index (Phi) is 3.98. The van der Waals surface area contributed by atoms with E-state index < -0.39 is 17.7 Å². The van der Waals surface area contributed by atoms with Gasteiger partial charge in [-0.2, -0.15) is 0 Å². The fraction of sp³-hybridized carbons (Fsp3) is 0.167. The van der Waals surface area contributed by atoms with Crippen molar-refractivity contribution in [2.24, 2.45) is 0 Å². The molecule has 2 N–H and O–H groups in total. The van der Waals surface area contributed by atoms with E-state index in [4.69, 9.17) is 5.11 Å². The molecule has 0 aliphatic rings. The summed E-state index contributed by atoms with van der Waals surface area (Å²) in [4.78, 5) is 22.3. The minimum atomic E-state index is -1.29. The van der Waals surface area contributed by atoms with Crippen LogP contribution in [0.15, 0.2) is 29.8 Å². The molecule has 0 atom stereocenters. The zero-order chi connectivity index (χ0) is 13.0. The maximum absolute atomic E-state index is 12.9. The lowest BCUT2D eigenvalue weighted by molar-refractivity contribution is -0.111. The zero-order valence-corrected chi connectivity index (χ0v) is 9.45. The molecule has 1 aromatic carbocycles. The minimum Gasteiger partial charge on any atom is -0.478 e. The van der Waals surface area contributed by atoms with Gasteiger partial charge in [0.25, 0.3) is 0 Å². The summed E-state index contributed by atoms with van der Waals surface area (Å²) in [6.45, 7) is 3.48. The molecule has 0 saturated carbocycles. The van der Waals surface area contributed by atoms with Crippen LogP contribution in [-0.2, 0) is 4.79 Å². The minimum absolute atomic E-state index is 0.0707. The van der Waals surface area contributed by atoms with Crippen molar-refractivity contribution < 1.29 is 19.1 Å². The van der Waals surface area contributed by atoms with Crippen LogP contribution in [-0.4, -0.2) is 17.0 Å². The number of aromatic carboxylic acids is 1. The number of hydrogen-bond acceptors (Lipinski definition) is 2. The summed E-state index contributed by atoms with van der Waals surface area (Å²) in [6, 6.07) is 3.17. The first-order valence-corrected chi connectivity index (χ1v) is 4.89. The lowest BCUT2D eigenvalue weighted by atomic mass is 10.1. The Morgan fingerprint density at radius 2 is 2.00 bits per heavy atom. The van der Waals surface area contributed by atoms with Gasteiger partial charge in [0.05, 0.1) is 11.3 Å². The van der Waals surface area contributed by atoms with Crippen molar-refractivity contribution in [1.29, 1.82) is 0 Å². The van der Waals surface area contributed by atoms with E-state index in [-0.39, 0.29) is 11.3 Å². The molecule has 0 fully saturated rings. The van der Waals surface area contributed by atoms with Gasteiger partial charge in [-0.05, 0) is 32.0 Å². The van der Waals surface area contributed by atoms with Crippen molar-refractivity contribution in [3.8, 4) is 0 Å². The molecule has 0 heterocycles. The van der Waals surface area contributed by atoms with Crippen LogP contribution in [0.2, 0.25) is 0 Å². The van der Waals surface area contributed by atoms with E-state index in [2.05, 4.69) is 5.32 Å². The van der Waals surface area contributed by atoms with Gasteiger partial charge in [-0.15, -0.1) is 0 Å². The van der Waals surface area contributed by atoms with Crippen LogP contribution in [0, 0.1) is 5.82 Å². The van der Waals surface area contributed by atoms with E-state index in [1.807, 2.05) is 0 Å². The Bertz CT molecular complexity index is 491. The molecule has 1 aromatic rings. The first-order chi connectivity index (χ1) is 7.90. The number of carboxylic acid groups (broad SMARTS) is 1. The SMILES string of the molecule is CC(C)=CC(=O)Nc1ccc(F)cc1C(=O)O. The van der Waals surface area contributed by atoms with Crippen LogP contribution < -0.4 is 5.32 Å². The van der Waals surface area contributed by atoms with E-state index in [0.717, 1.165) is 17.7 Å². The Morgan fingerprint density at radius 1 is 1.35 bits per heavy atom. The van der Waals surface area contributed by atoms with Crippen molar-refractivity contribution in [2.75, 3.05) is 5.32 Å². The fourth-order valence-corrected chi connectivity index (χ4v) is 1.23. The van der Waals surface area contributed by atoms with Crippen LogP contribution in [0.3, 0.4) is 0 Å². The van der Waals surface area contributed by atoms with Crippen molar-refractivity contribution in [1.82, 2.24) is 0 Å². The summed E-state index contributed by atoms with van der Waals surface area (Å²) < 4.78 is 12.9. The maximum atomic E-state index is 12.9. The van der Waals surface area contributed by atoms with E-state index in [9.17, 15) is 14.0 Å². The van der Waals surface area contributed by atoms with Gasteiger partial charge in [0.2, 0.25) is 5.91 Å². The van der Waals surface area contributed by atoms with E-state index in [1.165, 1.54) is 12.1 Å². The molecule has 90 valence electrons. The Hall–Kier alpha value is -2.17. The average molecular weight is 237 g/mol. The Morgan fingerprint density at radius 3 is 2.53 bits per heavy atom. The molecule has 17 heavy (non-hydrogen) atoms. The number of amides is 1. The van der Waals surface area contributed by atoms with Crippen LogP contribution in [0.25, 0.3) is 0 Å². The van der Waals surface area contributed by atoms with Gasteiger partial charge in [0.1, 0.15) is 5.82 Å². The van der Waals surface area contributed by atoms with Gasteiger partial charge in [-0.25, -0.2) is 9.18 Å². The highest BCUT2D eigenvalue weighted by Crippen LogP contribution is 2.17. The highest BCUT2D eigenvalue weighted by Gasteiger charge is 2.12. The van der Waals surface area contributed by atoms with Crippen molar-refractivity contribution in [2.45, 2.75) is 13.8 Å². The van der Waals surface area contributed by atoms with Crippen LogP contribution >= 0.6 is 0 Å². The summed E-state index contributed by atoms with van der Waals surface area (Å²) in [7, 11) is 0. The van der Waals surface area contributed by atoms with Crippen molar-refractivity contribution in [3.63, 3.8) is 0 Å². The van der Waals surface area contributed by atoms with Crippen LogP contribution in [0.1, 0.15) is 24.2 Å². The number of nitrogens with one attached hydrogen (secondary N) is 1. The van der Waals surface area contributed by atoms with Crippen molar-refractivity contribution in [3.05, 3.63) is 41.2 Å². The molecular formula is C12H12FNO3. The summed E-state index contributed by atoms with van der Waals surface area (Å²) in [5, 5.41) is 11.2. The molecule has 1 amide bonds. The van der Waals surface area contributed by atoms with Crippen molar-refractivity contribution >= 4 is 17.6 Å². The molecule has 0 spiro atoms. The molecule has 5 heteroatoms. The second-order valence-corrected chi connectivity index (χ2v) is 3.71. The topological polar surface area (TPSA) is 66.4 Å². The number of carbonyl (C=O) groups excluding carboxylic acids is 1. The van der Waals surface area contributed by atoms with Gasteiger partial charge in [-0.3, -0.25) is 4.79 Å². The van der Waals surface area contributed by atoms with Gasteiger partial charge in [0.15, 0.2) is 0 Å². The van der Waals surface area contributed by atoms with E-state index in [0.29, 0.717) is 0 Å². The molecule has 0 aliphatic heterocycles. The molecule has 4 nitrogen and oxygen atoms in total. The largest absolute Gasteiger partial charge is 0.478 e. The summed E-state index contributed by atoms with van der Waals surface area (Å²) >= 11 is 0. The Labute approximate surface area is 97.8 Å². The van der Waals surface area contributed by atoms with Gasteiger partial charge in [0, 0.05) is 6.08 Å². The monoisotopic (exact) mass is 237 g/mol. The van der Waals surface area contributed by atoms with Crippen LogP contribution in [0.5, 0.6) is 0 Å². The Balaban J connectivity index is 3.03. The molecule has 0 aromatic heterocycles. The standard InChI is InChI=1S/C12H12FNO3/c1-7(2)5-11(15)14-10-4-3-8(13)6-9(10)12(16)17/h3-6H,1-2H3,(H,14,15)(H,16,17). The molecule has 0 unspecified atom stereocenters. The second-order valence-electron chi connectivity index (χ2n) is 3.71. The molecule has 0 aliphatic carbocycles. The quantitative estimate of drug-likeness (QED) is 0.793. The number of carbonyl (C=O) groups is 2. The number of hydrogen-bond donors (Lipinski definition) is 2. The lowest BCUT2D eigenvalue weighted by Gasteiger charge is -2.06. The maximum Gasteiger partial charge on any atom is 0.337 e. The first kappa shape index (κ1) is 12.9.